The van der Waals surface area contributed by atoms with Crippen molar-refractivity contribution in [3.63, 3.8) is 0 Å². The highest BCUT2D eigenvalue weighted by Gasteiger charge is 2.23. The maximum absolute atomic E-state index is 13.0. The highest BCUT2D eigenvalue weighted by molar-refractivity contribution is 9.10. The molecule has 0 bridgehead atoms. The molecule has 0 N–H and O–H groups in total. The van der Waals surface area contributed by atoms with Crippen LogP contribution in [0.5, 0.6) is 0 Å². The minimum absolute atomic E-state index is 0.0174. The molecule has 1 aromatic carbocycles. The fourth-order valence-corrected chi connectivity index (χ4v) is 2.46. The SMILES string of the molecule is N#CC1CCCN1Cc1ccc(F)c(Br)c1. The Morgan fingerprint density at radius 2 is 2.38 bits per heavy atom. The van der Waals surface area contributed by atoms with Gasteiger partial charge in [-0.2, -0.15) is 5.26 Å². The molecule has 2 rings (SSSR count). The van der Waals surface area contributed by atoms with Crippen molar-refractivity contribution >= 4 is 15.9 Å². The average Bonchev–Trinajstić information content (AvgIpc) is 2.71. The van der Waals surface area contributed by atoms with Crippen LogP contribution >= 0.6 is 15.9 Å². The summed E-state index contributed by atoms with van der Waals surface area (Å²) < 4.78 is 13.5. The van der Waals surface area contributed by atoms with Crippen LogP contribution in [-0.4, -0.2) is 17.5 Å². The summed E-state index contributed by atoms with van der Waals surface area (Å²) >= 11 is 3.17. The predicted octanol–water partition coefficient (Wildman–Crippen LogP) is 3.08. The second-order valence-corrected chi connectivity index (χ2v) is 4.86. The van der Waals surface area contributed by atoms with Crippen molar-refractivity contribution in [3.05, 3.63) is 34.1 Å². The molecule has 1 unspecified atom stereocenters. The van der Waals surface area contributed by atoms with Gasteiger partial charge in [-0.25, -0.2) is 4.39 Å². The first-order valence-corrected chi connectivity index (χ1v) is 6.07. The van der Waals surface area contributed by atoms with Gasteiger partial charge in [0.2, 0.25) is 0 Å². The molecular weight excluding hydrogens is 271 g/mol. The summed E-state index contributed by atoms with van der Waals surface area (Å²) in [6.07, 6.45) is 2.01. The summed E-state index contributed by atoms with van der Waals surface area (Å²) in [5, 5.41) is 8.95. The number of hydrogen-bond donors (Lipinski definition) is 0. The zero-order chi connectivity index (χ0) is 11.5. The number of benzene rings is 1. The molecular formula is C12H12BrFN2. The van der Waals surface area contributed by atoms with Gasteiger partial charge >= 0.3 is 0 Å². The van der Waals surface area contributed by atoms with Crippen LogP contribution in [0.25, 0.3) is 0 Å². The Bertz CT molecular complexity index is 428. The van der Waals surface area contributed by atoms with Gasteiger partial charge in [-0.1, -0.05) is 6.07 Å². The van der Waals surface area contributed by atoms with Gasteiger partial charge in [-0.3, -0.25) is 4.90 Å². The Hall–Kier alpha value is -0.920. The number of nitriles is 1. The average molecular weight is 283 g/mol. The summed E-state index contributed by atoms with van der Waals surface area (Å²) in [7, 11) is 0. The first-order chi connectivity index (χ1) is 7.70. The van der Waals surface area contributed by atoms with Crippen LogP contribution in [0.3, 0.4) is 0 Å². The molecule has 1 fully saturated rings. The van der Waals surface area contributed by atoms with E-state index in [1.807, 2.05) is 0 Å². The molecule has 2 nitrogen and oxygen atoms in total. The quantitative estimate of drug-likeness (QED) is 0.834. The normalized spacial score (nSPS) is 20.9. The van der Waals surface area contributed by atoms with E-state index in [-0.39, 0.29) is 11.9 Å². The molecule has 0 aliphatic carbocycles. The summed E-state index contributed by atoms with van der Waals surface area (Å²) in [4.78, 5) is 2.14. The zero-order valence-electron chi connectivity index (χ0n) is 8.79. The number of nitrogens with zero attached hydrogens (tertiary/aromatic N) is 2. The molecule has 1 atom stereocenters. The van der Waals surface area contributed by atoms with E-state index >= 15 is 0 Å². The highest BCUT2D eigenvalue weighted by atomic mass is 79.9. The van der Waals surface area contributed by atoms with Crippen molar-refractivity contribution in [2.75, 3.05) is 6.54 Å². The van der Waals surface area contributed by atoms with E-state index in [0.29, 0.717) is 4.47 Å². The lowest BCUT2D eigenvalue weighted by Crippen LogP contribution is -2.27. The molecule has 1 heterocycles. The molecule has 1 saturated heterocycles. The summed E-state index contributed by atoms with van der Waals surface area (Å²) in [6, 6.07) is 7.32. The number of rotatable bonds is 2. The first kappa shape index (κ1) is 11.6. The van der Waals surface area contributed by atoms with Gasteiger partial charge in [0.05, 0.1) is 16.6 Å². The summed E-state index contributed by atoms with van der Waals surface area (Å²) in [5.74, 6) is -0.248. The molecule has 0 radical (unpaired) electrons. The molecule has 1 aliphatic heterocycles. The lowest BCUT2D eigenvalue weighted by atomic mass is 10.2. The van der Waals surface area contributed by atoms with E-state index in [1.54, 1.807) is 12.1 Å². The zero-order valence-corrected chi connectivity index (χ0v) is 10.4. The second kappa shape index (κ2) is 4.94. The monoisotopic (exact) mass is 282 g/mol. The van der Waals surface area contributed by atoms with Crippen molar-refractivity contribution in [1.82, 2.24) is 4.90 Å². The Labute approximate surface area is 103 Å². The Morgan fingerprint density at radius 1 is 1.56 bits per heavy atom. The molecule has 1 aliphatic rings. The third-order valence-corrected chi connectivity index (χ3v) is 3.49. The molecule has 4 heteroatoms. The van der Waals surface area contributed by atoms with Crippen molar-refractivity contribution in [2.24, 2.45) is 0 Å². The Kier molecular flexibility index (Phi) is 3.57. The van der Waals surface area contributed by atoms with Crippen LogP contribution in [0.4, 0.5) is 4.39 Å². The van der Waals surface area contributed by atoms with Crippen molar-refractivity contribution in [2.45, 2.75) is 25.4 Å². The van der Waals surface area contributed by atoms with Crippen LogP contribution in [-0.2, 0) is 6.54 Å². The number of likely N-dealkylation sites (tertiary alicyclic amines) is 1. The molecule has 0 saturated carbocycles. The standard InChI is InChI=1S/C12H12BrFN2/c13-11-6-9(3-4-12(11)14)8-16-5-1-2-10(16)7-15/h3-4,6,10H,1-2,5,8H2. The van der Waals surface area contributed by atoms with Crippen molar-refractivity contribution in [1.29, 1.82) is 5.26 Å². The van der Waals surface area contributed by atoms with E-state index in [1.165, 1.54) is 6.07 Å². The van der Waals surface area contributed by atoms with Gasteiger partial charge in [0.15, 0.2) is 0 Å². The fourth-order valence-electron chi connectivity index (χ4n) is 2.03. The van der Waals surface area contributed by atoms with E-state index < -0.39 is 0 Å². The van der Waals surface area contributed by atoms with Gasteiger partial charge in [0.25, 0.3) is 0 Å². The molecule has 0 spiro atoms. The van der Waals surface area contributed by atoms with Crippen molar-refractivity contribution < 1.29 is 4.39 Å². The number of hydrogen-bond acceptors (Lipinski definition) is 2. The highest BCUT2D eigenvalue weighted by Crippen LogP contribution is 2.22. The smallest absolute Gasteiger partial charge is 0.137 e. The van der Waals surface area contributed by atoms with E-state index in [4.69, 9.17) is 5.26 Å². The third-order valence-electron chi connectivity index (χ3n) is 2.88. The minimum Gasteiger partial charge on any atom is -0.284 e. The molecule has 16 heavy (non-hydrogen) atoms. The fraction of sp³-hybridized carbons (Fsp3) is 0.417. The Morgan fingerprint density at radius 3 is 3.06 bits per heavy atom. The molecule has 0 amide bonds. The summed E-state index contributed by atoms with van der Waals surface area (Å²) in [6.45, 7) is 1.67. The van der Waals surface area contributed by atoms with Crippen molar-refractivity contribution in [3.8, 4) is 6.07 Å². The maximum Gasteiger partial charge on any atom is 0.137 e. The van der Waals surface area contributed by atoms with Gasteiger partial charge in [0.1, 0.15) is 5.82 Å². The maximum atomic E-state index is 13.0. The van der Waals surface area contributed by atoms with Crippen LogP contribution in [0.1, 0.15) is 18.4 Å². The molecule has 1 aromatic rings. The lowest BCUT2D eigenvalue weighted by molar-refractivity contribution is 0.286. The van der Waals surface area contributed by atoms with Crippen LogP contribution < -0.4 is 0 Å². The molecule has 84 valence electrons. The third kappa shape index (κ3) is 2.42. The van der Waals surface area contributed by atoms with Gasteiger partial charge in [-0.05, 0) is 53.0 Å². The Balaban J connectivity index is 2.09. The lowest BCUT2D eigenvalue weighted by Gasteiger charge is -2.18. The van der Waals surface area contributed by atoms with Crippen LogP contribution in [0.15, 0.2) is 22.7 Å². The van der Waals surface area contributed by atoms with Gasteiger partial charge < -0.3 is 0 Å². The van der Waals surface area contributed by atoms with E-state index in [0.717, 1.165) is 31.5 Å². The summed E-state index contributed by atoms with van der Waals surface area (Å²) in [5.41, 5.74) is 1.04. The largest absolute Gasteiger partial charge is 0.284 e. The predicted molar refractivity (Wildman–Crippen MR) is 63.1 cm³/mol. The van der Waals surface area contributed by atoms with Gasteiger partial charge in [-0.15, -0.1) is 0 Å². The minimum atomic E-state index is -0.248. The van der Waals surface area contributed by atoms with E-state index in [2.05, 4.69) is 26.9 Å². The van der Waals surface area contributed by atoms with Crippen LogP contribution in [0.2, 0.25) is 0 Å². The second-order valence-electron chi connectivity index (χ2n) is 4.01. The molecule has 0 aromatic heterocycles. The first-order valence-electron chi connectivity index (χ1n) is 5.28. The van der Waals surface area contributed by atoms with Gasteiger partial charge in [0, 0.05) is 6.54 Å². The topological polar surface area (TPSA) is 27.0 Å². The van der Waals surface area contributed by atoms with E-state index in [9.17, 15) is 4.39 Å². The number of halogens is 2. The van der Waals surface area contributed by atoms with Crippen LogP contribution in [0, 0.1) is 17.1 Å².